The van der Waals surface area contributed by atoms with Gasteiger partial charge in [0.05, 0.1) is 0 Å². The maximum atomic E-state index is 10.4. The summed E-state index contributed by atoms with van der Waals surface area (Å²) in [4.78, 5) is 10.4. The molecule has 2 atom stereocenters. The first-order valence-electron chi connectivity index (χ1n) is 9.79. The van der Waals surface area contributed by atoms with Crippen molar-refractivity contribution in [2.45, 2.75) is 71.1 Å². The number of rotatable bonds is 15. The molecular formula is C20H36O2S2. The van der Waals surface area contributed by atoms with E-state index in [0.717, 1.165) is 24.7 Å². The topological polar surface area (TPSA) is 37.3 Å². The van der Waals surface area contributed by atoms with E-state index in [-0.39, 0.29) is 0 Å². The number of unbranched alkanes of at least 4 members (excludes halogenated alkanes) is 7. The van der Waals surface area contributed by atoms with Gasteiger partial charge >= 0.3 is 5.97 Å². The minimum atomic E-state index is -0.829. The van der Waals surface area contributed by atoms with E-state index in [1.54, 1.807) is 6.08 Å². The van der Waals surface area contributed by atoms with Crippen LogP contribution in [0.4, 0.5) is 0 Å². The van der Waals surface area contributed by atoms with Crippen LogP contribution in [0.3, 0.4) is 0 Å². The quantitative estimate of drug-likeness (QED) is 0.272. The lowest BCUT2D eigenvalue weighted by atomic mass is 9.92. The lowest BCUT2D eigenvalue weighted by Crippen LogP contribution is -2.15. The second kappa shape index (κ2) is 15.2. The molecule has 0 aromatic carbocycles. The van der Waals surface area contributed by atoms with Crippen molar-refractivity contribution in [2.75, 3.05) is 23.0 Å². The van der Waals surface area contributed by atoms with Crippen LogP contribution in [0.2, 0.25) is 0 Å². The Morgan fingerprint density at radius 1 is 1.08 bits per heavy atom. The van der Waals surface area contributed by atoms with Crippen LogP contribution in [-0.2, 0) is 4.79 Å². The molecule has 1 aliphatic heterocycles. The third-order valence-electron chi connectivity index (χ3n) is 4.76. The van der Waals surface area contributed by atoms with Crippen molar-refractivity contribution in [1.29, 1.82) is 0 Å². The third kappa shape index (κ3) is 11.5. The Morgan fingerprint density at radius 3 is 2.62 bits per heavy atom. The number of carbonyl (C=O) groups is 1. The minimum Gasteiger partial charge on any atom is -0.478 e. The summed E-state index contributed by atoms with van der Waals surface area (Å²) in [5.41, 5.74) is 0. The molecule has 0 radical (unpaired) electrons. The normalized spacial score (nSPS) is 20.9. The fourth-order valence-electron chi connectivity index (χ4n) is 3.22. The number of aliphatic carboxylic acids is 1. The van der Waals surface area contributed by atoms with Gasteiger partial charge in [-0.3, -0.25) is 0 Å². The molecule has 24 heavy (non-hydrogen) atoms. The summed E-state index contributed by atoms with van der Waals surface area (Å²) in [6.07, 6.45) is 16.1. The molecule has 1 rings (SSSR count). The van der Waals surface area contributed by atoms with E-state index in [1.807, 2.05) is 0 Å². The Hall–Kier alpha value is -0.0900. The first-order valence-corrected chi connectivity index (χ1v) is 12.1. The second-order valence-electron chi connectivity index (χ2n) is 6.93. The van der Waals surface area contributed by atoms with E-state index < -0.39 is 5.97 Å². The molecule has 1 heterocycles. The van der Waals surface area contributed by atoms with Gasteiger partial charge in [-0.15, -0.1) is 0 Å². The molecule has 2 nitrogen and oxygen atoms in total. The standard InChI is InChI=1S/C20H36O2S2/c1-2-3-4-5-8-11-14-23-16-19-17-24-15-18(19)12-9-6-7-10-13-20(21)22/h10,13,18-19H,2-9,11-12,14-17H2,1H3,(H,21,22)/t18-,19+/m0/s1. The van der Waals surface area contributed by atoms with Crippen molar-refractivity contribution in [1.82, 2.24) is 0 Å². The van der Waals surface area contributed by atoms with Crippen LogP contribution in [0.15, 0.2) is 12.2 Å². The minimum absolute atomic E-state index is 0.829. The number of carboxylic acids is 1. The summed E-state index contributed by atoms with van der Waals surface area (Å²) in [7, 11) is 0. The van der Waals surface area contributed by atoms with Crippen molar-refractivity contribution in [3.05, 3.63) is 12.2 Å². The highest BCUT2D eigenvalue weighted by Gasteiger charge is 2.26. The van der Waals surface area contributed by atoms with Gasteiger partial charge in [0.25, 0.3) is 0 Å². The molecule has 0 aromatic heterocycles. The Kier molecular flexibility index (Phi) is 13.9. The Balaban J connectivity index is 1.99. The molecule has 0 amide bonds. The zero-order chi connectivity index (χ0) is 17.5. The molecular weight excluding hydrogens is 336 g/mol. The van der Waals surface area contributed by atoms with Crippen molar-refractivity contribution in [2.24, 2.45) is 11.8 Å². The van der Waals surface area contributed by atoms with Gasteiger partial charge in [-0.25, -0.2) is 4.79 Å². The van der Waals surface area contributed by atoms with Gasteiger partial charge in [-0.2, -0.15) is 23.5 Å². The molecule has 0 aromatic rings. The van der Waals surface area contributed by atoms with E-state index in [4.69, 9.17) is 5.11 Å². The zero-order valence-electron chi connectivity index (χ0n) is 15.4. The molecule has 0 bridgehead atoms. The van der Waals surface area contributed by atoms with E-state index >= 15 is 0 Å². The number of hydrogen-bond acceptors (Lipinski definition) is 3. The van der Waals surface area contributed by atoms with Crippen molar-refractivity contribution in [3.63, 3.8) is 0 Å². The number of thioether (sulfide) groups is 2. The van der Waals surface area contributed by atoms with Crippen molar-refractivity contribution < 1.29 is 9.90 Å². The van der Waals surface area contributed by atoms with Crippen LogP contribution in [0.1, 0.15) is 71.1 Å². The van der Waals surface area contributed by atoms with Crippen LogP contribution >= 0.6 is 23.5 Å². The van der Waals surface area contributed by atoms with E-state index in [2.05, 4.69) is 30.4 Å². The summed E-state index contributed by atoms with van der Waals surface area (Å²) in [6.45, 7) is 2.28. The van der Waals surface area contributed by atoms with Crippen molar-refractivity contribution >= 4 is 29.5 Å². The molecule has 0 unspecified atom stereocenters. The van der Waals surface area contributed by atoms with E-state index in [1.165, 1.54) is 80.5 Å². The van der Waals surface area contributed by atoms with E-state index in [0.29, 0.717) is 0 Å². The molecule has 1 aliphatic rings. The maximum absolute atomic E-state index is 10.4. The van der Waals surface area contributed by atoms with Crippen LogP contribution in [0, 0.1) is 11.8 Å². The van der Waals surface area contributed by atoms with Gasteiger partial charge in [0.15, 0.2) is 0 Å². The SMILES string of the molecule is CCCCCCCCSC[C@@H]1CSC[C@@H]1CCCCC=CC(=O)O. The zero-order valence-corrected chi connectivity index (χ0v) is 17.0. The highest BCUT2D eigenvalue weighted by molar-refractivity contribution is 8.00. The Labute approximate surface area is 157 Å². The monoisotopic (exact) mass is 372 g/mol. The van der Waals surface area contributed by atoms with Gasteiger partial charge in [0.1, 0.15) is 0 Å². The van der Waals surface area contributed by atoms with Gasteiger partial charge in [-0.05, 0) is 60.5 Å². The smallest absolute Gasteiger partial charge is 0.327 e. The third-order valence-corrected chi connectivity index (χ3v) is 7.33. The number of carboxylic acid groups (broad SMARTS) is 1. The highest BCUT2D eigenvalue weighted by atomic mass is 32.2. The molecule has 1 N–H and O–H groups in total. The fourth-order valence-corrected chi connectivity index (χ4v) is 6.21. The van der Waals surface area contributed by atoms with E-state index in [9.17, 15) is 4.79 Å². The highest BCUT2D eigenvalue weighted by Crippen LogP contribution is 2.35. The predicted octanol–water partition coefficient (Wildman–Crippen LogP) is 6.26. The summed E-state index contributed by atoms with van der Waals surface area (Å²) in [6, 6.07) is 0. The lowest BCUT2D eigenvalue weighted by molar-refractivity contribution is -0.131. The Bertz CT molecular complexity index is 345. The molecule has 0 saturated carbocycles. The van der Waals surface area contributed by atoms with Crippen LogP contribution in [-0.4, -0.2) is 34.1 Å². The molecule has 140 valence electrons. The Morgan fingerprint density at radius 2 is 1.83 bits per heavy atom. The van der Waals surface area contributed by atoms with Crippen LogP contribution in [0.25, 0.3) is 0 Å². The second-order valence-corrected chi connectivity index (χ2v) is 9.15. The first-order chi connectivity index (χ1) is 11.7. The molecule has 1 saturated heterocycles. The lowest BCUT2D eigenvalue weighted by Gasteiger charge is -2.18. The van der Waals surface area contributed by atoms with Crippen LogP contribution < -0.4 is 0 Å². The first kappa shape index (κ1) is 22.0. The summed E-state index contributed by atoms with van der Waals surface area (Å²) in [5, 5.41) is 8.56. The van der Waals surface area contributed by atoms with Gasteiger partial charge in [0, 0.05) is 6.08 Å². The number of hydrogen-bond donors (Lipinski definition) is 1. The van der Waals surface area contributed by atoms with Gasteiger partial charge in [-0.1, -0.05) is 51.5 Å². The summed E-state index contributed by atoms with van der Waals surface area (Å²) in [5.74, 6) is 6.38. The largest absolute Gasteiger partial charge is 0.478 e. The van der Waals surface area contributed by atoms with Crippen LogP contribution in [0.5, 0.6) is 0 Å². The molecule has 1 fully saturated rings. The predicted molar refractivity (Wildman–Crippen MR) is 110 cm³/mol. The molecule has 4 heteroatoms. The fraction of sp³-hybridized carbons (Fsp3) is 0.850. The van der Waals surface area contributed by atoms with Gasteiger partial charge in [0.2, 0.25) is 0 Å². The average Bonchev–Trinajstić information content (AvgIpc) is 3.00. The maximum Gasteiger partial charge on any atom is 0.327 e. The number of allylic oxidation sites excluding steroid dienone is 1. The molecule has 0 aliphatic carbocycles. The van der Waals surface area contributed by atoms with Crippen molar-refractivity contribution in [3.8, 4) is 0 Å². The average molecular weight is 373 g/mol. The molecule has 0 spiro atoms. The van der Waals surface area contributed by atoms with Gasteiger partial charge < -0.3 is 5.11 Å². The summed E-state index contributed by atoms with van der Waals surface area (Å²) >= 11 is 4.31. The summed E-state index contributed by atoms with van der Waals surface area (Å²) < 4.78 is 0.